The van der Waals surface area contributed by atoms with E-state index in [1.165, 1.54) is 6.07 Å². The summed E-state index contributed by atoms with van der Waals surface area (Å²) >= 11 is 6.38. The molecule has 3 aromatic rings. The first-order valence-electron chi connectivity index (χ1n) is 8.49. The first kappa shape index (κ1) is 19.1. The standard InChI is InChI=1S/C21H20ClFN2O2/c1-26-20-11-16(13-25-12-15-6-8-24-9-7-15)10-18(22)21(20)27-14-17-4-2-3-5-19(17)23/h2-11,25H,12-14H2,1H3. The summed E-state index contributed by atoms with van der Waals surface area (Å²) in [7, 11) is 1.55. The first-order valence-corrected chi connectivity index (χ1v) is 8.87. The van der Waals surface area contributed by atoms with Crippen molar-refractivity contribution in [2.45, 2.75) is 19.7 Å². The number of hydrogen-bond acceptors (Lipinski definition) is 4. The van der Waals surface area contributed by atoms with E-state index in [4.69, 9.17) is 21.1 Å². The zero-order chi connectivity index (χ0) is 19.1. The van der Waals surface area contributed by atoms with Gasteiger partial charge in [-0.15, -0.1) is 0 Å². The molecule has 0 radical (unpaired) electrons. The quantitative estimate of drug-likeness (QED) is 0.606. The first-order chi connectivity index (χ1) is 13.2. The molecular weight excluding hydrogens is 367 g/mol. The monoisotopic (exact) mass is 386 g/mol. The lowest BCUT2D eigenvalue weighted by molar-refractivity contribution is 0.279. The van der Waals surface area contributed by atoms with Crippen LogP contribution in [0.4, 0.5) is 4.39 Å². The summed E-state index contributed by atoms with van der Waals surface area (Å²) in [6.07, 6.45) is 3.53. The minimum Gasteiger partial charge on any atom is -0.493 e. The van der Waals surface area contributed by atoms with Crippen molar-refractivity contribution in [1.82, 2.24) is 10.3 Å². The number of nitrogens with one attached hydrogen (secondary N) is 1. The molecule has 0 spiro atoms. The van der Waals surface area contributed by atoms with Crippen LogP contribution in [0.1, 0.15) is 16.7 Å². The Balaban J connectivity index is 1.66. The van der Waals surface area contributed by atoms with E-state index in [2.05, 4.69) is 10.3 Å². The van der Waals surface area contributed by atoms with Crippen LogP contribution in [0.2, 0.25) is 5.02 Å². The number of nitrogens with zero attached hydrogens (tertiary/aromatic N) is 1. The highest BCUT2D eigenvalue weighted by Gasteiger charge is 2.13. The van der Waals surface area contributed by atoms with Gasteiger partial charge >= 0.3 is 0 Å². The Morgan fingerprint density at radius 1 is 1.04 bits per heavy atom. The molecule has 2 aromatic carbocycles. The molecule has 4 nitrogen and oxygen atoms in total. The third-order valence-corrected chi connectivity index (χ3v) is 4.31. The topological polar surface area (TPSA) is 43.4 Å². The van der Waals surface area contributed by atoms with Crippen molar-refractivity contribution in [2.24, 2.45) is 0 Å². The summed E-state index contributed by atoms with van der Waals surface area (Å²) in [5.41, 5.74) is 2.57. The van der Waals surface area contributed by atoms with E-state index >= 15 is 0 Å². The minimum absolute atomic E-state index is 0.0718. The van der Waals surface area contributed by atoms with Crippen LogP contribution in [0, 0.1) is 5.82 Å². The minimum atomic E-state index is -0.315. The average Bonchev–Trinajstić information content (AvgIpc) is 2.69. The predicted molar refractivity (Wildman–Crippen MR) is 104 cm³/mol. The van der Waals surface area contributed by atoms with Crippen molar-refractivity contribution in [3.8, 4) is 11.5 Å². The van der Waals surface area contributed by atoms with Gasteiger partial charge < -0.3 is 14.8 Å². The maximum absolute atomic E-state index is 13.8. The summed E-state index contributed by atoms with van der Waals surface area (Å²) < 4.78 is 24.9. The fourth-order valence-corrected chi connectivity index (χ4v) is 2.92. The average molecular weight is 387 g/mol. The number of aromatic nitrogens is 1. The second-order valence-corrected chi connectivity index (χ2v) is 6.36. The van der Waals surface area contributed by atoms with Crippen LogP contribution in [-0.2, 0) is 19.7 Å². The van der Waals surface area contributed by atoms with Crippen LogP contribution >= 0.6 is 11.6 Å². The summed E-state index contributed by atoms with van der Waals surface area (Å²) in [5.74, 6) is 0.601. The lowest BCUT2D eigenvalue weighted by Crippen LogP contribution is -2.13. The summed E-state index contributed by atoms with van der Waals surface area (Å²) in [4.78, 5) is 4.00. The number of rotatable bonds is 8. The Morgan fingerprint density at radius 2 is 1.78 bits per heavy atom. The van der Waals surface area contributed by atoms with Crippen molar-refractivity contribution in [3.05, 3.63) is 88.5 Å². The molecule has 0 unspecified atom stereocenters. The Kier molecular flexibility index (Phi) is 6.63. The van der Waals surface area contributed by atoms with Gasteiger partial charge in [-0.1, -0.05) is 29.8 Å². The molecule has 0 aliphatic rings. The van der Waals surface area contributed by atoms with E-state index < -0.39 is 0 Å². The third kappa shape index (κ3) is 5.18. The van der Waals surface area contributed by atoms with Crippen molar-refractivity contribution >= 4 is 11.6 Å². The number of hydrogen-bond donors (Lipinski definition) is 1. The van der Waals surface area contributed by atoms with Crippen LogP contribution in [0.3, 0.4) is 0 Å². The van der Waals surface area contributed by atoms with Gasteiger partial charge in [-0.05, 0) is 41.5 Å². The molecule has 0 aliphatic heterocycles. The highest BCUT2D eigenvalue weighted by Crippen LogP contribution is 2.37. The molecule has 0 saturated heterocycles. The number of pyridine rings is 1. The molecule has 0 saturated carbocycles. The maximum atomic E-state index is 13.8. The normalized spacial score (nSPS) is 10.6. The van der Waals surface area contributed by atoms with Gasteiger partial charge in [0, 0.05) is 31.0 Å². The highest BCUT2D eigenvalue weighted by molar-refractivity contribution is 6.32. The highest BCUT2D eigenvalue weighted by atomic mass is 35.5. The summed E-state index contributed by atoms with van der Waals surface area (Å²) in [6, 6.07) is 14.1. The van der Waals surface area contributed by atoms with E-state index in [1.54, 1.807) is 37.7 Å². The van der Waals surface area contributed by atoms with Crippen LogP contribution in [0.15, 0.2) is 60.9 Å². The largest absolute Gasteiger partial charge is 0.493 e. The Morgan fingerprint density at radius 3 is 2.52 bits per heavy atom. The molecule has 0 bridgehead atoms. The molecule has 1 N–H and O–H groups in total. The van der Waals surface area contributed by atoms with Crippen molar-refractivity contribution in [2.75, 3.05) is 7.11 Å². The van der Waals surface area contributed by atoms with Crippen LogP contribution in [0.25, 0.3) is 0 Å². The molecule has 1 aromatic heterocycles. The Labute approximate surface area is 162 Å². The number of methoxy groups -OCH3 is 1. The van der Waals surface area contributed by atoms with E-state index in [0.717, 1.165) is 11.1 Å². The molecule has 0 aliphatic carbocycles. The van der Waals surface area contributed by atoms with E-state index in [0.29, 0.717) is 35.2 Å². The molecular formula is C21H20ClFN2O2. The van der Waals surface area contributed by atoms with Gasteiger partial charge in [0.05, 0.1) is 12.1 Å². The van der Waals surface area contributed by atoms with Crippen LogP contribution < -0.4 is 14.8 Å². The predicted octanol–water partition coefficient (Wildman–Crippen LogP) is 4.75. The van der Waals surface area contributed by atoms with Gasteiger partial charge in [0.2, 0.25) is 0 Å². The molecule has 27 heavy (non-hydrogen) atoms. The number of benzene rings is 2. The van der Waals surface area contributed by atoms with Crippen LogP contribution in [0.5, 0.6) is 11.5 Å². The van der Waals surface area contributed by atoms with Crippen molar-refractivity contribution in [3.63, 3.8) is 0 Å². The molecule has 140 valence electrons. The molecule has 0 fully saturated rings. The van der Waals surface area contributed by atoms with Crippen molar-refractivity contribution < 1.29 is 13.9 Å². The molecule has 0 atom stereocenters. The fraction of sp³-hybridized carbons (Fsp3) is 0.190. The van der Waals surface area contributed by atoms with E-state index in [-0.39, 0.29) is 12.4 Å². The molecule has 6 heteroatoms. The SMILES string of the molecule is COc1cc(CNCc2ccncc2)cc(Cl)c1OCc1ccccc1F. The van der Waals surface area contributed by atoms with Gasteiger partial charge in [0.15, 0.2) is 11.5 Å². The van der Waals surface area contributed by atoms with E-state index in [9.17, 15) is 4.39 Å². The zero-order valence-corrected chi connectivity index (χ0v) is 15.7. The number of ether oxygens (including phenoxy) is 2. The molecule has 3 rings (SSSR count). The second-order valence-electron chi connectivity index (χ2n) is 5.95. The Bertz CT molecular complexity index is 891. The van der Waals surface area contributed by atoms with Gasteiger partial charge in [-0.2, -0.15) is 0 Å². The second kappa shape index (κ2) is 9.35. The summed E-state index contributed by atoms with van der Waals surface area (Å²) in [6.45, 7) is 1.41. The molecule has 0 amide bonds. The van der Waals surface area contributed by atoms with Gasteiger partial charge in [0.25, 0.3) is 0 Å². The summed E-state index contributed by atoms with van der Waals surface area (Å²) in [5, 5.41) is 3.77. The van der Waals surface area contributed by atoms with Crippen molar-refractivity contribution in [1.29, 1.82) is 0 Å². The number of halogens is 2. The zero-order valence-electron chi connectivity index (χ0n) is 14.9. The van der Waals surface area contributed by atoms with Gasteiger partial charge in [0.1, 0.15) is 12.4 Å². The fourth-order valence-electron chi connectivity index (χ4n) is 2.63. The van der Waals surface area contributed by atoms with Gasteiger partial charge in [-0.25, -0.2) is 4.39 Å². The maximum Gasteiger partial charge on any atom is 0.180 e. The van der Waals surface area contributed by atoms with Gasteiger partial charge in [-0.3, -0.25) is 4.98 Å². The third-order valence-electron chi connectivity index (χ3n) is 4.03. The lowest BCUT2D eigenvalue weighted by atomic mass is 10.2. The Hall–Kier alpha value is -2.63. The molecule has 1 heterocycles. The van der Waals surface area contributed by atoms with E-state index in [1.807, 2.05) is 24.3 Å². The smallest absolute Gasteiger partial charge is 0.180 e. The lowest BCUT2D eigenvalue weighted by Gasteiger charge is -2.15. The van der Waals surface area contributed by atoms with Crippen LogP contribution in [-0.4, -0.2) is 12.1 Å².